The molecule has 1 aromatic rings. The predicted molar refractivity (Wildman–Crippen MR) is 80.0 cm³/mol. The number of benzene rings is 1. The van der Waals surface area contributed by atoms with Gasteiger partial charge >= 0.3 is 0 Å². The van der Waals surface area contributed by atoms with E-state index in [0.717, 1.165) is 5.56 Å². The Balaban J connectivity index is 2.01. The van der Waals surface area contributed by atoms with Gasteiger partial charge in [-0.15, -0.1) is 0 Å². The van der Waals surface area contributed by atoms with Gasteiger partial charge in [-0.05, 0) is 31.1 Å². The summed E-state index contributed by atoms with van der Waals surface area (Å²) in [5, 5.41) is 19.1. The number of nitrogens with two attached hydrogens (primary N) is 2. The van der Waals surface area contributed by atoms with E-state index in [1.807, 2.05) is 13.0 Å². The smallest absolute Gasteiger partial charge is 0.164 e. The summed E-state index contributed by atoms with van der Waals surface area (Å²) in [5.74, 6) is 0.928. The zero-order valence-electron chi connectivity index (χ0n) is 12.2. The first-order chi connectivity index (χ1) is 10.5. The first kappa shape index (κ1) is 14.1. The maximum Gasteiger partial charge on any atom is 0.164 e. The minimum atomic E-state index is -0.316. The SMILES string of the molecule is CCOc1cc2c(cc1O)CC1C(N)=C(C#N)C(N)=CC1O2. The van der Waals surface area contributed by atoms with E-state index < -0.39 is 0 Å². The lowest BCUT2D eigenvalue weighted by Crippen LogP contribution is -2.39. The number of phenols is 1. The normalized spacial score (nSPS) is 22.8. The van der Waals surface area contributed by atoms with Crippen LogP contribution < -0.4 is 20.9 Å². The summed E-state index contributed by atoms with van der Waals surface area (Å²) < 4.78 is 11.3. The van der Waals surface area contributed by atoms with Crippen molar-refractivity contribution in [3.05, 3.63) is 40.7 Å². The summed E-state index contributed by atoms with van der Waals surface area (Å²) in [6, 6.07) is 5.33. The number of hydrogen-bond donors (Lipinski definition) is 3. The minimum Gasteiger partial charge on any atom is -0.504 e. The Hall–Kier alpha value is -2.81. The van der Waals surface area contributed by atoms with Crippen molar-refractivity contribution in [1.82, 2.24) is 0 Å². The zero-order valence-corrected chi connectivity index (χ0v) is 12.2. The number of phenolic OH excluding ortho intramolecular Hbond substituents is 1. The second-order valence-corrected chi connectivity index (χ2v) is 5.32. The lowest BCUT2D eigenvalue weighted by atomic mass is 9.82. The third kappa shape index (κ3) is 2.11. The molecule has 1 aliphatic carbocycles. The van der Waals surface area contributed by atoms with Gasteiger partial charge in [0.1, 0.15) is 17.9 Å². The van der Waals surface area contributed by atoms with Crippen molar-refractivity contribution in [2.45, 2.75) is 19.4 Å². The van der Waals surface area contributed by atoms with Crippen LogP contribution in [-0.2, 0) is 6.42 Å². The van der Waals surface area contributed by atoms with Crippen molar-refractivity contribution in [2.75, 3.05) is 6.61 Å². The number of rotatable bonds is 2. The third-order valence-electron chi connectivity index (χ3n) is 3.97. The van der Waals surface area contributed by atoms with Crippen molar-refractivity contribution in [2.24, 2.45) is 17.4 Å². The Morgan fingerprint density at radius 2 is 2.23 bits per heavy atom. The fourth-order valence-corrected chi connectivity index (χ4v) is 2.89. The Bertz CT molecular complexity index is 731. The highest BCUT2D eigenvalue weighted by Crippen LogP contribution is 2.42. The molecular formula is C16H17N3O3. The van der Waals surface area contributed by atoms with Crippen molar-refractivity contribution in [3.8, 4) is 23.3 Å². The second kappa shape index (κ2) is 5.19. The van der Waals surface area contributed by atoms with Crippen molar-refractivity contribution in [1.29, 1.82) is 5.26 Å². The minimum absolute atomic E-state index is 0.0663. The summed E-state index contributed by atoms with van der Waals surface area (Å²) in [7, 11) is 0. The van der Waals surface area contributed by atoms with Crippen LogP contribution >= 0.6 is 0 Å². The second-order valence-electron chi connectivity index (χ2n) is 5.32. The number of fused-ring (bicyclic) bond motifs is 2. The summed E-state index contributed by atoms with van der Waals surface area (Å²) in [6.07, 6.45) is 1.97. The molecule has 0 aromatic heterocycles. The van der Waals surface area contributed by atoms with Gasteiger partial charge in [-0.25, -0.2) is 0 Å². The molecule has 1 heterocycles. The average molecular weight is 299 g/mol. The lowest BCUT2D eigenvalue weighted by Gasteiger charge is -2.35. The molecule has 2 atom stereocenters. The molecule has 114 valence electrons. The van der Waals surface area contributed by atoms with Crippen molar-refractivity contribution < 1.29 is 14.6 Å². The summed E-state index contributed by atoms with van der Waals surface area (Å²) in [5.41, 5.74) is 13.9. The highest BCUT2D eigenvalue weighted by molar-refractivity contribution is 5.54. The molecule has 0 spiro atoms. The Labute approximate surface area is 128 Å². The average Bonchev–Trinajstić information content (AvgIpc) is 2.48. The fraction of sp³-hybridized carbons (Fsp3) is 0.312. The first-order valence-corrected chi connectivity index (χ1v) is 7.07. The van der Waals surface area contributed by atoms with Crippen LogP contribution in [0.15, 0.2) is 35.2 Å². The summed E-state index contributed by atoms with van der Waals surface area (Å²) >= 11 is 0. The molecule has 0 bridgehead atoms. The molecule has 0 radical (unpaired) electrons. The lowest BCUT2D eigenvalue weighted by molar-refractivity contribution is 0.167. The molecule has 0 saturated heterocycles. The maximum absolute atomic E-state index is 9.99. The van der Waals surface area contributed by atoms with Crippen LogP contribution in [-0.4, -0.2) is 17.8 Å². The van der Waals surface area contributed by atoms with Gasteiger partial charge in [0.25, 0.3) is 0 Å². The monoisotopic (exact) mass is 299 g/mol. The largest absolute Gasteiger partial charge is 0.504 e. The third-order valence-corrected chi connectivity index (χ3v) is 3.97. The van der Waals surface area contributed by atoms with Gasteiger partial charge < -0.3 is 26.0 Å². The van der Waals surface area contributed by atoms with Gasteiger partial charge in [-0.3, -0.25) is 0 Å². The van der Waals surface area contributed by atoms with Crippen molar-refractivity contribution in [3.63, 3.8) is 0 Å². The molecule has 0 fully saturated rings. The Morgan fingerprint density at radius 3 is 2.91 bits per heavy atom. The van der Waals surface area contributed by atoms with E-state index in [9.17, 15) is 5.11 Å². The number of nitriles is 1. The number of hydrogen-bond acceptors (Lipinski definition) is 6. The van der Waals surface area contributed by atoms with Gasteiger partial charge in [0, 0.05) is 17.7 Å². The standard InChI is InChI=1S/C16H17N3O3/c1-2-21-15-6-13-8(4-12(15)20)3-9-14(22-13)5-11(18)10(7-17)16(9)19/h4-6,9,14,20H,2-3,18-19H2,1H3. The Kier molecular flexibility index (Phi) is 3.33. The van der Waals surface area contributed by atoms with Gasteiger partial charge in [0.2, 0.25) is 0 Å². The van der Waals surface area contributed by atoms with Gasteiger partial charge in [-0.2, -0.15) is 5.26 Å². The molecule has 0 saturated carbocycles. The Morgan fingerprint density at radius 1 is 1.45 bits per heavy atom. The summed E-state index contributed by atoms with van der Waals surface area (Å²) in [6.45, 7) is 2.29. The molecule has 3 rings (SSSR count). The molecule has 0 amide bonds. The van der Waals surface area contributed by atoms with Crippen molar-refractivity contribution >= 4 is 0 Å². The van der Waals surface area contributed by atoms with Crippen LogP contribution in [0, 0.1) is 17.2 Å². The maximum atomic E-state index is 9.99. The molecule has 5 N–H and O–H groups in total. The van der Waals surface area contributed by atoms with E-state index in [1.54, 1.807) is 18.2 Å². The molecule has 1 aliphatic heterocycles. The highest BCUT2D eigenvalue weighted by Gasteiger charge is 2.36. The van der Waals surface area contributed by atoms with Crippen LogP contribution in [0.5, 0.6) is 17.2 Å². The van der Waals surface area contributed by atoms with Crippen LogP contribution in [0.4, 0.5) is 0 Å². The van der Waals surface area contributed by atoms with E-state index in [4.69, 9.17) is 26.2 Å². The molecule has 1 aromatic carbocycles. The molecule has 2 aliphatic rings. The zero-order chi connectivity index (χ0) is 15.9. The van der Waals surface area contributed by atoms with Gasteiger partial charge in [0.05, 0.1) is 17.9 Å². The fourth-order valence-electron chi connectivity index (χ4n) is 2.89. The number of allylic oxidation sites excluding steroid dienone is 1. The van der Waals surface area contributed by atoms with E-state index in [2.05, 4.69) is 0 Å². The quantitative estimate of drug-likeness (QED) is 0.758. The van der Waals surface area contributed by atoms with E-state index >= 15 is 0 Å². The van der Waals surface area contributed by atoms with Crippen LogP contribution in [0.2, 0.25) is 0 Å². The number of aromatic hydroxyl groups is 1. The van der Waals surface area contributed by atoms with E-state index in [-0.39, 0.29) is 17.8 Å². The topological polar surface area (TPSA) is 115 Å². The van der Waals surface area contributed by atoms with E-state index in [1.165, 1.54) is 0 Å². The molecule has 2 unspecified atom stereocenters. The first-order valence-electron chi connectivity index (χ1n) is 7.07. The van der Waals surface area contributed by atoms with Crippen LogP contribution in [0.25, 0.3) is 0 Å². The molecular weight excluding hydrogens is 282 g/mol. The molecule has 22 heavy (non-hydrogen) atoms. The van der Waals surface area contributed by atoms with E-state index in [0.29, 0.717) is 41.5 Å². The molecule has 6 nitrogen and oxygen atoms in total. The van der Waals surface area contributed by atoms with Crippen LogP contribution in [0.1, 0.15) is 12.5 Å². The number of ether oxygens (including phenoxy) is 2. The number of nitrogens with zero attached hydrogens (tertiary/aromatic N) is 1. The van der Waals surface area contributed by atoms with Gasteiger partial charge in [-0.1, -0.05) is 0 Å². The predicted octanol–water partition coefficient (Wildman–Crippen LogP) is 1.30. The highest BCUT2D eigenvalue weighted by atomic mass is 16.5. The van der Waals surface area contributed by atoms with Gasteiger partial charge in [0.15, 0.2) is 11.5 Å². The van der Waals surface area contributed by atoms with Crippen LogP contribution in [0.3, 0.4) is 0 Å². The molecule has 6 heteroatoms. The summed E-state index contributed by atoms with van der Waals surface area (Å²) in [4.78, 5) is 0.